The maximum absolute atomic E-state index is 11.5. The number of hydrazine groups is 1. The van der Waals surface area contributed by atoms with Crippen LogP contribution in [0.1, 0.15) is 13.3 Å². The van der Waals surface area contributed by atoms with Crippen LogP contribution < -0.4 is 21.5 Å². The summed E-state index contributed by atoms with van der Waals surface area (Å²) < 4.78 is 0. The Morgan fingerprint density at radius 1 is 1.47 bits per heavy atom. The van der Waals surface area contributed by atoms with Crippen LogP contribution in [0.4, 0.5) is 11.6 Å². The van der Waals surface area contributed by atoms with Gasteiger partial charge in [-0.1, -0.05) is 30.1 Å². The molecule has 1 aromatic heterocycles. The first-order chi connectivity index (χ1) is 9.03. The molecule has 8 heteroatoms. The topological polar surface area (TPSA) is 83.3 Å². The monoisotopic (exact) mass is 305 g/mol. The third-order valence-corrected chi connectivity index (χ3v) is 3.02. The zero-order valence-electron chi connectivity index (χ0n) is 10.8. The number of likely N-dealkylation sites (N-methyl/N-ethyl adjacent to an activating group) is 1. The van der Waals surface area contributed by atoms with E-state index in [2.05, 4.69) is 15.7 Å². The fourth-order valence-corrected chi connectivity index (χ4v) is 2.09. The summed E-state index contributed by atoms with van der Waals surface area (Å²) in [5.74, 6) is 6.01. The number of rotatable bonds is 6. The summed E-state index contributed by atoms with van der Waals surface area (Å²) in [5, 5.41) is 3.27. The Kier molecular flexibility index (Phi) is 6.14. The number of hydrogen-bond acceptors (Lipinski definition) is 5. The summed E-state index contributed by atoms with van der Waals surface area (Å²) >= 11 is 12.1. The number of carbonyl (C=O) groups excluding carboxylic acids is 1. The third kappa shape index (κ3) is 4.12. The van der Waals surface area contributed by atoms with Crippen molar-refractivity contribution in [1.29, 1.82) is 0 Å². The zero-order chi connectivity index (χ0) is 14.4. The number of pyridine rings is 1. The molecule has 1 amide bonds. The molecular weight excluding hydrogens is 289 g/mol. The summed E-state index contributed by atoms with van der Waals surface area (Å²) in [5.41, 5.74) is 2.40. The molecule has 19 heavy (non-hydrogen) atoms. The standard InChI is InChI=1S/C11H17Cl2N5O/c1-3-4-18(6-9(19)15-2)11-8(13)5-7(12)10(16-11)17-14/h5H,3-4,6,14H2,1-2H3,(H,15,19)(H,16,17). The average Bonchev–Trinajstić information content (AvgIpc) is 2.38. The van der Waals surface area contributed by atoms with E-state index in [1.54, 1.807) is 18.0 Å². The highest BCUT2D eigenvalue weighted by Crippen LogP contribution is 2.31. The molecule has 4 N–H and O–H groups in total. The molecule has 1 heterocycles. The van der Waals surface area contributed by atoms with Crippen molar-refractivity contribution in [2.24, 2.45) is 5.84 Å². The van der Waals surface area contributed by atoms with Crippen molar-refractivity contribution in [2.75, 3.05) is 30.5 Å². The summed E-state index contributed by atoms with van der Waals surface area (Å²) in [7, 11) is 1.58. The average molecular weight is 306 g/mol. The van der Waals surface area contributed by atoms with Crippen molar-refractivity contribution in [1.82, 2.24) is 10.3 Å². The number of nitrogen functional groups attached to an aromatic ring is 1. The van der Waals surface area contributed by atoms with Crippen LogP contribution in [-0.2, 0) is 4.79 Å². The van der Waals surface area contributed by atoms with Gasteiger partial charge in [-0.25, -0.2) is 10.8 Å². The van der Waals surface area contributed by atoms with Crippen molar-refractivity contribution in [3.8, 4) is 0 Å². The molecule has 0 unspecified atom stereocenters. The van der Waals surface area contributed by atoms with Crippen LogP contribution in [0.25, 0.3) is 0 Å². The van der Waals surface area contributed by atoms with Gasteiger partial charge in [-0.05, 0) is 12.5 Å². The van der Waals surface area contributed by atoms with Crippen LogP contribution in [0, 0.1) is 0 Å². The lowest BCUT2D eigenvalue weighted by molar-refractivity contribution is -0.119. The van der Waals surface area contributed by atoms with Crippen molar-refractivity contribution < 1.29 is 4.79 Å². The Bertz CT molecular complexity index is 455. The summed E-state index contributed by atoms with van der Waals surface area (Å²) in [6, 6.07) is 1.55. The fraction of sp³-hybridized carbons (Fsp3) is 0.455. The molecule has 0 aromatic carbocycles. The molecule has 1 rings (SSSR count). The van der Waals surface area contributed by atoms with Gasteiger partial charge in [0.2, 0.25) is 5.91 Å². The molecule has 0 saturated carbocycles. The molecule has 1 aromatic rings. The minimum absolute atomic E-state index is 0.122. The van der Waals surface area contributed by atoms with E-state index in [1.807, 2.05) is 6.92 Å². The first-order valence-corrected chi connectivity index (χ1v) is 6.57. The van der Waals surface area contributed by atoms with E-state index >= 15 is 0 Å². The zero-order valence-corrected chi connectivity index (χ0v) is 12.3. The SMILES string of the molecule is CCCN(CC(=O)NC)c1nc(NN)c(Cl)cc1Cl. The molecule has 0 radical (unpaired) electrons. The maximum atomic E-state index is 11.5. The fourth-order valence-electron chi connectivity index (χ4n) is 1.56. The predicted molar refractivity (Wildman–Crippen MR) is 78.6 cm³/mol. The summed E-state index contributed by atoms with van der Waals surface area (Å²) in [6.07, 6.45) is 0.850. The Balaban J connectivity index is 3.10. The molecular formula is C11H17Cl2N5O. The van der Waals surface area contributed by atoms with Crippen LogP contribution in [-0.4, -0.2) is 31.0 Å². The van der Waals surface area contributed by atoms with E-state index in [0.717, 1.165) is 6.42 Å². The number of aromatic nitrogens is 1. The van der Waals surface area contributed by atoms with Gasteiger partial charge in [0.25, 0.3) is 0 Å². The number of anilines is 2. The number of halogens is 2. The molecule has 106 valence electrons. The second-order valence-electron chi connectivity index (χ2n) is 3.86. The van der Waals surface area contributed by atoms with Crippen molar-refractivity contribution in [3.63, 3.8) is 0 Å². The van der Waals surface area contributed by atoms with Gasteiger partial charge in [-0.2, -0.15) is 0 Å². The van der Waals surface area contributed by atoms with E-state index < -0.39 is 0 Å². The van der Waals surface area contributed by atoms with Gasteiger partial charge in [-0.15, -0.1) is 0 Å². The molecule has 0 bridgehead atoms. The number of hydrogen-bond donors (Lipinski definition) is 3. The first kappa shape index (κ1) is 15.8. The predicted octanol–water partition coefficient (Wildman–Crippen LogP) is 1.64. The van der Waals surface area contributed by atoms with Gasteiger partial charge < -0.3 is 15.6 Å². The molecule has 0 aliphatic rings. The first-order valence-electron chi connectivity index (χ1n) is 5.81. The molecule has 0 aliphatic carbocycles. The third-order valence-electron chi connectivity index (χ3n) is 2.45. The quantitative estimate of drug-likeness (QED) is 0.550. The van der Waals surface area contributed by atoms with E-state index in [-0.39, 0.29) is 12.5 Å². The van der Waals surface area contributed by atoms with Gasteiger partial charge in [0.05, 0.1) is 16.6 Å². The van der Waals surface area contributed by atoms with Crippen molar-refractivity contribution in [3.05, 3.63) is 16.1 Å². The van der Waals surface area contributed by atoms with E-state index in [0.29, 0.717) is 28.2 Å². The molecule has 6 nitrogen and oxygen atoms in total. The summed E-state index contributed by atoms with van der Waals surface area (Å²) in [6.45, 7) is 2.82. The molecule has 0 atom stereocenters. The van der Waals surface area contributed by atoms with Gasteiger partial charge in [0.15, 0.2) is 5.82 Å². The largest absolute Gasteiger partial charge is 0.358 e. The lowest BCUT2D eigenvalue weighted by atomic mass is 10.3. The lowest BCUT2D eigenvalue weighted by Crippen LogP contribution is -2.37. The Hall–Kier alpha value is -1.24. The number of carbonyl (C=O) groups is 1. The molecule has 0 saturated heterocycles. The molecule has 0 fully saturated rings. The second-order valence-corrected chi connectivity index (χ2v) is 4.68. The van der Waals surface area contributed by atoms with Gasteiger partial charge in [0, 0.05) is 13.6 Å². The van der Waals surface area contributed by atoms with Crippen molar-refractivity contribution >= 4 is 40.7 Å². The van der Waals surface area contributed by atoms with Gasteiger partial charge in [-0.3, -0.25) is 4.79 Å². The smallest absolute Gasteiger partial charge is 0.239 e. The van der Waals surface area contributed by atoms with E-state index in [1.165, 1.54) is 0 Å². The van der Waals surface area contributed by atoms with E-state index in [4.69, 9.17) is 29.0 Å². The van der Waals surface area contributed by atoms with Crippen LogP contribution in [0.2, 0.25) is 10.0 Å². The van der Waals surface area contributed by atoms with Crippen molar-refractivity contribution in [2.45, 2.75) is 13.3 Å². The highest BCUT2D eigenvalue weighted by molar-refractivity contribution is 6.37. The van der Waals surface area contributed by atoms with Gasteiger partial charge >= 0.3 is 0 Å². The minimum Gasteiger partial charge on any atom is -0.358 e. The van der Waals surface area contributed by atoms with Crippen LogP contribution in [0.15, 0.2) is 6.07 Å². The number of nitrogens with one attached hydrogen (secondary N) is 2. The Morgan fingerprint density at radius 2 is 2.16 bits per heavy atom. The lowest BCUT2D eigenvalue weighted by Gasteiger charge is -2.24. The van der Waals surface area contributed by atoms with Crippen LogP contribution in [0.5, 0.6) is 0 Å². The van der Waals surface area contributed by atoms with Crippen LogP contribution >= 0.6 is 23.2 Å². The normalized spacial score (nSPS) is 10.2. The van der Waals surface area contributed by atoms with E-state index in [9.17, 15) is 4.79 Å². The minimum atomic E-state index is -0.122. The van der Waals surface area contributed by atoms with Gasteiger partial charge in [0.1, 0.15) is 5.82 Å². The Morgan fingerprint density at radius 3 is 2.68 bits per heavy atom. The molecule has 0 aliphatic heterocycles. The highest BCUT2D eigenvalue weighted by atomic mass is 35.5. The number of nitrogens with two attached hydrogens (primary N) is 1. The molecule has 0 spiro atoms. The maximum Gasteiger partial charge on any atom is 0.239 e. The summed E-state index contributed by atoms with van der Waals surface area (Å²) in [4.78, 5) is 17.5. The van der Waals surface area contributed by atoms with Crippen LogP contribution in [0.3, 0.4) is 0 Å². The Labute approximate surface area is 122 Å². The second kappa shape index (κ2) is 7.37. The number of nitrogens with zero attached hydrogens (tertiary/aromatic N) is 2. The number of amides is 1. The highest BCUT2D eigenvalue weighted by Gasteiger charge is 2.17.